The fraction of sp³-hybridized carbons (Fsp3) is 0.143. The molecule has 0 fully saturated rings. The van der Waals surface area contributed by atoms with Crippen molar-refractivity contribution in [3.63, 3.8) is 0 Å². The number of carbonyl (C=O) groups is 1. The van der Waals surface area contributed by atoms with Crippen LogP contribution in [0.3, 0.4) is 0 Å². The molecule has 1 atom stereocenters. The van der Waals surface area contributed by atoms with Gasteiger partial charge in [-0.25, -0.2) is 4.98 Å². The van der Waals surface area contributed by atoms with Crippen molar-refractivity contribution in [3.05, 3.63) is 54.2 Å². The molecule has 6 heteroatoms. The van der Waals surface area contributed by atoms with E-state index in [1.165, 1.54) is 6.26 Å². The molecule has 3 rings (SSSR count). The maximum absolute atomic E-state index is 12.0. The molecule has 2 aromatic heterocycles. The predicted molar refractivity (Wildman–Crippen MR) is 72.1 cm³/mol. The number of nitrogens with one attached hydrogen (secondary N) is 2. The quantitative estimate of drug-likeness (QED) is 0.672. The van der Waals surface area contributed by atoms with Gasteiger partial charge in [-0.3, -0.25) is 4.79 Å². The molecule has 0 radical (unpaired) electrons. The number of fused-ring (bicyclic) bond motifs is 1. The number of hydrogen-bond acceptors (Lipinski definition) is 4. The number of nitrogens with zero attached hydrogens (tertiary/aromatic N) is 1. The normalized spacial score (nSPS) is 12.4. The summed E-state index contributed by atoms with van der Waals surface area (Å²) in [6, 6.07) is 8.53. The Balaban J connectivity index is 1.66. The molecule has 0 spiro atoms. The van der Waals surface area contributed by atoms with E-state index in [9.17, 15) is 9.90 Å². The zero-order valence-corrected chi connectivity index (χ0v) is 10.5. The number of aliphatic hydroxyl groups excluding tert-OH is 1. The van der Waals surface area contributed by atoms with Crippen molar-refractivity contribution in [1.29, 1.82) is 0 Å². The van der Waals surface area contributed by atoms with Crippen LogP contribution in [-0.4, -0.2) is 27.5 Å². The Morgan fingerprint density at radius 3 is 3.15 bits per heavy atom. The van der Waals surface area contributed by atoms with Crippen molar-refractivity contribution in [2.24, 2.45) is 0 Å². The summed E-state index contributed by atoms with van der Waals surface area (Å²) in [5.74, 6) is 0.168. The SMILES string of the molecule is O=C(NCC(O)c1ccco1)c1ccc2nc[nH]c2c1. The van der Waals surface area contributed by atoms with E-state index in [0.717, 1.165) is 11.0 Å². The minimum Gasteiger partial charge on any atom is -0.467 e. The van der Waals surface area contributed by atoms with Gasteiger partial charge in [0.1, 0.15) is 11.9 Å². The first-order chi connectivity index (χ1) is 9.74. The lowest BCUT2D eigenvalue weighted by Crippen LogP contribution is -2.28. The summed E-state index contributed by atoms with van der Waals surface area (Å²) in [4.78, 5) is 19.0. The number of furan rings is 1. The maximum atomic E-state index is 12.0. The van der Waals surface area contributed by atoms with Crippen LogP contribution in [0.15, 0.2) is 47.3 Å². The van der Waals surface area contributed by atoms with Crippen molar-refractivity contribution < 1.29 is 14.3 Å². The summed E-state index contributed by atoms with van der Waals surface area (Å²) >= 11 is 0. The summed E-state index contributed by atoms with van der Waals surface area (Å²) in [5.41, 5.74) is 2.11. The van der Waals surface area contributed by atoms with E-state index in [2.05, 4.69) is 15.3 Å². The summed E-state index contributed by atoms with van der Waals surface area (Å²) in [7, 11) is 0. The Hall–Kier alpha value is -2.60. The number of aromatic nitrogens is 2. The Morgan fingerprint density at radius 1 is 1.45 bits per heavy atom. The van der Waals surface area contributed by atoms with E-state index in [0.29, 0.717) is 11.3 Å². The van der Waals surface area contributed by atoms with Gasteiger partial charge in [0.2, 0.25) is 0 Å². The van der Waals surface area contributed by atoms with Gasteiger partial charge in [-0.2, -0.15) is 0 Å². The zero-order chi connectivity index (χ0) is 13.9. The number of benzene rings is 1. The van der Waals surface area contributed by atoms with E-state index >= 15 is 0 Å². The molecule has 1 amide bonds. The third-order valence-electron chi connectivity index (χ3n) is 3.01. The highest BCUT2D eigenvalue weighted by Crippen LogP contribution is 2.13. The van der Waals surface area contributed by atoms with Crippen LogP contribution in [0, 0.1) is 0 Å². The molecular formula is C14H13N3O3. The van der Waals surface area contributed by atoms with Gasteiger partial charge in [0.05, 0.1) is 30.2 Å². The number of imidazole rings is 1. The smallest absolute Gasteiger partial charge is 0.251 e. The summed E-state index contributed by atoms with van der Waals surface area (Å²) < 4.78 is 5.07. The van der Waals surface area contributed by atoms with Crippen LogP contribution < -0.4 is 5.32 Å². The lowest BCUT2D eigenvalue weighted by atomic mass is 10.2. The predicted octanol–water partition coefficient (Wildman–Crippen LogP) is 1.62. The first kappa shape index (κ1) is 12.4. The second kappa shape index (κ2) is 5.18. The number of amides is 1. The molecule has 102 valence electrons. The van der Waals surface area contributed by atoms with Crippen molar-refractivity contribution in [2.75, 3.05) is 6.54 Å². The highest BCUT2D eigenvalue weighted by atomic mass is 16.4. The van der Waals surface area contributed by atoms with Gasteiger partial charge in [-0.1, -0.05) is 0 Å². The van der Waals surface area contributed by atoms with Gasteiger partial charge < -0.3 is 19.8 Å². The van der Waals surface area contributed by atoms with Gasteiger partial charge in [-0.15, -0.1) is 0 Å². The molecule has 0 aliphatic rings. The van der Waals surface area contributed by atoms with Crippen LogP contribution in [0.25, 0.3) is 11.0 Å². The topological polar surface area (TPSA) is 91.2 Å². The highest BCUT2D eigenvalue weighted by Gasteiger charge is 2.13. The minimum atomic E-state index is -0.857. The van der Waals surface area contributed by atoms with Gasteiger partial charge in [-0.05, 0) is 30.3 Å². The minimum absolute atomic E-state index is 0.0906. The second-order valence-corrected chi connectivity index (χ2v) is 4.38. The Bertz CT molecular complexity index is 718. The number of aromatic amines is 1. The average molecular weight is 271 g/mol. The fourth-order valence-electron chi connectivity index (χ4n) is 1.95. The third kappa shape index (κ3) is 2.41. The van der Waals surface area contributed by atoms with E-state index < -0.39 is 6.10 Å². The van der Waals surface area contributed by atoms with Crippen LogP contribution in [0.4, 0.5) is 0 Å². The van der Waals surface area contributed by atoms with Gasteiger partial charge in [0, 0.05) is 5.56 Å². The van der Waals surface area contributed by atoms with Gasteiger partial charge >= 0.3 is 0 Å². The molecule has 0 bridgehead atoms. The number of rotatable bonds is 4. The van der Waals surface area contributed by atoms with Crippen molar-refractivity contribution in [2.45, 2.75) is 6.10 Å². The second-order valence-electron chi connectivity index (χ2n) is 4.38. The lowest BCUT2D eigenvalue weighted by Gasteiger charge is -2.09. The van der Waals surface area contributed by atoms with E-state index in [4.69, 9.17) is 4.42 Å². The first-order valence-corrected chi connectivity index (χ1v) is 6.17. The van der Waals surface area contributed by atoms with E-state index in [1.54, 1.807) is 36.7 Å². The maximum Gasteiger partial charge on any atom is 0.251 e. The van der Waals surface area contributed by atoms with Gasteiger partial charge in [0.15, 0.2) is 0 Å². The Labute approximate surface area is 114 Å². The molecule has 6 nitrogen and oxygen atoms in total. The monoisotopic (exact) mass is 271 g/mol. The van der Waals surface area contributed by atoms with Crippen LogP contribution >= 0.6 is 0 Å². The molecule has 0 saturated heterocycles. The zero-order valence-electron chi connectivity index (χ0n) is 10.5. The summed E-state index contributed by atoms with van der Waals surface area (Å²) in [5, 5.41) is 12.5. The molecule has 1 unspecified atom stereocenters. The Kier molecular flexibility index (Phi) is 3.22. The van der Waals surface area contributed by atoms with Crippen LogP contribution in [-0.2, 0) is 0 Å². The number of aliphatic hydroxyl groups is 1. The number of H-pyrrole nitrogens is 1. The van der Waals surface area contributed by atoms with Crippen LogP contribution in [0.5, 0.6) is 0 Å². The molecule has 0 saturated carbocycles. The van der Waals surface area contributed by atoms with Crippen LogP contribution in [0.1, 0.15) is 22.2 Å². The number of hydrogen-bond donors (Lipinski definition) is 3. The molecule has 0 aliphatic heterocycles. The molecule has 1 aromatic carbocycles. The largest absolute Gasteiger partial charge is 0.467 e. The summed E-state index contributed by atoms with van der Waals surface area (Å²) in [6.45, 7) is 0.0906. The van der Waals surface area contributed by atoms with E-state index in [-0.39, 0.29) is 12.5 Å². The molecular weight excluding hydrogens is 258 g/mol. The standard InChI is InChI=1S/C14H13N3O3/c18-12(13-2-1-5-20-13)7-15-14(19)9-3-4-10-11(6-9)17-8-16-10/h1-6,8,12,18H,7H2,(H,15,19)(H,16,17). The average Bonchev–Trinajstić information content (AvgIpc) is 3.13. The molecule has 20 heavy (non-hydrogen) atoms. The molecule has 0 aliphatic carbocycles. The van der Waals surface area contributed by atoms with Crippen molar-refractivity contribution in [1.82, 2.24) is 15.3 Å². The fourth-order valence-corrected chi connectivity index (χ4v) is 1.95. The Morgan fingerprint density at radius 2 is 2.35 bits per heavy atom. The van der Waals surface area contributed by atoms with E-state index in [1.807, 2.05) is 0 Å². The lowest BCUT2D eigenvalue weighted by molar-refractivity contribution is 0.0901. The molecule has 2 heterocycles. The number of carbonyl (C=O) groups excluding carboxylic acids is 1. The van der Waals surface area contributed by atoms with Crippen LogP contribution in [0.2, 0.25) is 0 Å². The highest BCUT2D eigenvalue weighted by molar-refractivity contribution is 5.97. The molecule has 3 aromatic rings. The summed E-state index contributed by atoms with van der Waals surface area (Å²) in [6.07, 6.45) is 2.20. The van der Waals surface area contributed by atoms with Crippen molar-refractivity contribution in [3.8, 4) is 0 Å². The first-order valence-electron chi connectivity index (χ1n) is 6.17. The third-order valence-corrected chi connectivity index (χ3v) is 3.01. The van der Waals surface area contributed by atoms with Crippen molar-refractivity contribution >= 4 is 16.9 Å². The molecule has 3 N–H and O–H groups in total. The van der Waals surface area contributed by atoms with Gasteiger partial charge in [0.25, 0.3) is 5.91 Å².